The fraction of sp³-hybridized carbons (Fsp3) is 0.200. The summed E-state index contributed by atoms with van der Waals surface area (Å²) < 4.78 is 10.7. The zero-order chi connectivity index (χ0) is 20.4. The van der Waals surface area contributed by atoms with Crippen molar-refractivity contribution >= 4 is 17.8 Å². The monoisotopic (exact) mass is 386 g/mol. The summed E-state index contributed by atoms with van der Waals surface area (Å²) in [6.45, 7) is -0.645. The van der Waals surface area contributed by atoms with Crippen molar-refractivity contribution in [1.82, 2.24) is 0 Å². The van der Waals surface area contributed by atoms with Crippen molar-refractivity contribution in [2.75, 3.05) is 13.7 Å². The summed E-state index contributed by atoms with van der Waals surface area (Å²) in [5.41, 5.74) is 1.17. The lowest BCUT2D eigenvalue weighted by Crippen LogP contribution is -2.20. The summed E-state index contributed by atoms with van der Waals surface area (Å²) in [5.74, 6) is -2.95. The Bertz CT molecular complexity index is 963. The quantitative estimate of drug-likeness (QED) is 0.347. The van der Waals surface area contributed by atoms with Crippen LogP contribution in [0.2, 0.25) is 0 Å². The van der Waals surface area contributed by atoms with Crippen molar-refractivity contribution in [1.29, 1.82) is 0 Å². The Morgan fingerprint density at radius 3 is 2.50 bits per heavy atom. The molecule has 1 aliphatic rings. The van der Waals surface area contributed by atoms with Crippen molar-refractivity contribution in [3.05, 3.63) is 53.1 Å². The number of aromatic hydroxyl groups is 3. The molecule has 2 aromatic rings. The molecule has 0 saturated heterocycles. The van der Waals surface area contributed by atoms with Gasteiger partial charge in [-0.25, -0.2) is 0 Å². The Morgan fingerprint density at radius 2 is 1.86 bits per heavy atom. The van der Waals surface area contributed by atoms with E-state index in [0.717, 1.165) is 6.08 Å². The average Bonchev–Trinajstić information content (AvgIpc) is 3.07. The van der Waals surface area contributed by atoms with Gasteiger partial charge in [0.05, 0.1) is 7.11 Å². The first kappa shape index (κ1) is 19.2. The standard InChI is InChI=1S/C20H18O8/c1-27-20(26)17-13-6-10(2-4-12(22)9-21)7-16(25)19(13)28-18(17)11-3-5-14(23)15(24)8-11/h2-8,17-18,21,23-25H,9H2,1H3/b4-2+/t17-,18+/m1/s1. The first-order valence-corrected chi connectivity index (χ1v) is 8.30. The van der Waals surface area contributed by atoms with E-state index in [1.807, 2.05) is 0 Å². The van der Waals surface area contributed by atoms with Gasteiger partial charge in [-0.2, -0.15) is 0 Å². The van der Waals surface area contributed by atoms with Crippen LogP contribution >= 0.6 is 0 Å². The predicted octanol–water partition coefficient (Wildman–Crippen LogP) is 1.77. The molecule has 0 aromatic heterocycles. The fourth-order valence-corrected chi connectivity index (χ4v) is 3.07. The molecule has 8 nitrogen and oxygen atoms in total. The predicted molar refractivity (Wildman–Crippen MR) is 97.1 cm³/mol. The molecule has 2 aromatic carbocycles. The molecule has 1 aliphatic heterocycles. The maximum absolute atomic E-state index is 12.4. The highest BCUT2D eigenvalue weighted by molar-refractivity contribution is 5.94. The number of esters is 1. The number of hydrogen-bond acceptors (Lipinski definition) is 8. The molecule has 2 atom stereocenters. The van der Waals surface area contributed by atoms with Gasteiger partial charge in [-0.3, -0.25) is 9.59 Å². The first-order chi connectivity index (χ1) is 13.3. The topological polar surface area (TPSA) is 134 Å². The van der Waals surface area contributed by atoms with E-state index in [9.17, 15) is 24.9 Å². The molecule has 0 radical (unpaired) electrons. The largest absolute Gasteiger partial charge is 0.504 e. The van der Waals surface area contributed by atoms with Crippen molar-refractivity contribution in [2.24, 2.45) is 0 Å². The molecule has 0 spiro atoms. The number of methoxy groups -OCH3 is 1. The molecule has 0 fully saturated rings. The third-order valence-corrected chi connectivity index (χ3v) is 4.40. The van der Waals surface area contributed by atoms with Crippen LogP contribution in [0.1, 0.15) is 28.7 Å². The normalized spacial score (nSPS) is 17.9. The minimum Gasteiger partial charge on any atom is -0.504 e. The lowest BCUT2D eigenvalue weighted by Gasteiger charge is -2.18. The third-order valence-electron chi connectivity index (χ3n) is 4.40. The van der Waals surface area contributed by atoms with E-state index in [-0.39, 0.29) is 23.0 Å². The molecule has 3 rings (SSSR count). The zero-order valence-electron chi connectivity index (χ0n) is 14.8. The smallest absolute Gasteiger partial charge is 0.317 e. The number of rotatable bonds is 5. The van der Waals surface area contributed by atoms with E-state index < -0.39 is 30.4 Å². The zero-order valence-corrected chi connectivity index (χ0v) is 14.8. The molecular formula is C20H18O8. The summed E-state index contributed by atoms with van der Waals surface area (Å²) in [7, 11) is 1.22. The van der Waals surface area contributed by atoms with Gasteiger partial charge in [0.25, 0.3) is 0 Å². The highest BCUT2D eigenvalue weighted by atomic mass is 16.5. The van der Waals surface area contributed by atoms with Crippen LogP contribution in [0.4, 0.5) is 0 Å². The number of ether oxygens (including phenoxy) is 2. The summed E-state index contributed by atoms with van der Waals surface area (Å²) >= 11 is 0. The molecule has 0 saturated carbocycles. The molecule has 4 N–H and O–H groups in total. The van der Waals surface area contributed by atoms with Crippen LogP contribution in [0.3, 0.4) is 0 Å². The number of carbonyl (C=O) groups is 2. The maximum Gasteiger partial charge on any atom is 0.317 e. The minimum atomic E-state index is -0.947. The van der Waals surface area contributed by atoms with Gasteiger partial charge < -0.3 is 29.9 Å². The maximum atomic E-state index is 12.4. The number of aliphatic hydroxyl groups is 1. The van der Waals surface area contributed by atoms with Crippen LogP contribution in [0.15, 0.2) is 36.4 Å². The summed E-state index contributed by atoms with van der Waals surface area (Å²) in [6, 6.07) is 6.93. The summed E-state index contributed by atoms with van der Waals surface area (Å²) in [5, 5.41) is 38.4. The molecule has 8 heteroatoms. The fourth-order valence-electron chi connectivity index (χ4n) is 3.07. The second-order valence-corrected chi connectivity index (χ2v) is 6.20. The van der Waals surface area contributed by atoms with Crippen LogP contribution in [0, 0.1) is 0 Å². The van der Waals surface area contributed by atoms with E-state index >= 15 is 0 Å². The number of ketones is 1. The lowest BCUT2D eigenvalue weighted by atomic mass is 9.90. The second-order valence-electron chi connectivity index (χ2n) is 6.20. The van der Waals surface area contributed by atoms with Gasteiger partial charge in [-0.1, -0.05) is 12.1 Å². The van der Waals surface area contributed by atoms with E-state index in [1.165, 1.54) is 37.5 Å². The summed E-state index contributed by atoms with van der Waals surface area (Å²) in [4.78, 5) is 23.7. The number of hydrogen-bond donors (Lipinski definition) is 4. The van der Waals surface area contributed by atoms with Gasteiger partial charge >= 0.3 is 5.97 Å². The second kappa shape index (κ2) is 7.61. The van der Waals surface area contributed by atoms with Gasteiger partial charge in [0.1, 0.15) is 18.6 Å². The van der Waals surface area contributed by atoms with Crippen molar-refractivity contribution in [3.63, 3.8) is 0 Å². The van der Waals surface area contributed by atoms with Crippen LogP contribution in [0.25, 0.3) is 6.08 Å². The molecule has 0 aliphatic carbocycles. The van der Waals surface area contributed by atoms with Crippen molar-refractivity contribution in [3.8, 4) is 23.0 Å². The van der Waals surface area contributed by atoms with Gasteiger partial charge in [-0.15, -0.1) is 0 Å². The third kappa shape index (κ3) is 3.49. The Hall–Kier alpha value is -3.52. The van der Waals surface area contributed by atoms with Crippen LogP contribution in [0.5, 0.6) is 23.0 Å². The highest BCUT2D eigenvalue weighted by Crippen LogP contribution is 2.51. The van der Waals surface area contributed by atoms with Crippen LogP contribution in [-0.4, -0.2) is 45.9 Å². The average molecular weight is 386 g/mol. The molecule has 0 bridgehead atoms. The molecular weight excluding hydrogens is 368 g/mol. The molecule has 1 heterocycles. The number of fused-ring (bicyclic) bond motifs is 1. The van der Waals surface area contributed by atoms with Crippen LogP contribution < -0.4 is 4.74 Å². The van der Waals surface area contributed by atoms with Gasteiger partial charge in [0, 0.05) is 5.56 Å². The van der Waals surface area contributed by atoms with Gasteiger partial charge in [0.2, 0.25) is 0 Å². The Morgan fingerprint density at radius 1 is 1.11 bits per heavy atom. The number of benzene rings is 2. The van der Waals surface area contributed by atoms with Crippen molar-refractivity contribution < 1.29 is 39.5 Å². The van der Waals surface area contributed by atoms with Crippen molar-refractivity contribution in [2.45, 2.75) is 12.0 Å². The van der Waals surface area contributed by atoms with E-state index in [1.54, 1.807) is 6.07 Å². The Labute approximate surface area is 159 Å². The number of aliphatic hydroxyl groups excluding tert-OH is 1. The molecule has 0 unspecified atom stereocenters. The first-order valence-electron chi connectivity index (χ1n) is 8.30. The number of carbonyl (C=O) groups excluding carboxylic acids is 2. The molecule has 146 valence electrons. The molecule has 28 heavy (non-hydrogen) atoms. The van der Waals surface area contributed by atoms with E-state index in [4.69, 9.17) is 14.6 Å². The van der Waals surface area contributed by atoms with E-state index in [0.29, 0.717) is 16.7 Å². The Kier molecular flexibility index (Phi) is 5.23. The molecule has 0 amide bonds. The van der Waals surface area contributed by atoms with Crippen LogP contribution in [-0.2, 0) is 14.3 Å². The van der Waals surface area contributed by atoms with E-state index in [2.05, 4.69) is 0 Å². The van der Waals surface area contributed by atoms with Gasteiger partial charge in [0.15, 0.2) is 28.8 Å². The minimum absolute atomic E-state index is 0.0820. The Balaban J connectivity index is 2.07. The highest BCUT2D eigenvalue weighted by Gasteiger charge is 2.43. The van der Waals surface area contributed by atoms with Gasteiger partial charge in [-0.05, 0) is 41.5 Å². The summed E-state index contributed by atoms with van der Waals surface area (Å²) in [6.07, 6.45) is 1.64. The number of phenols is 3. The SMILES string of the molecule is COC(=O)[C@@H]1c2cc(/C=C/C(=O)CO)cc(O)c2O[C@H]1c1ccc(O)c(O)c1. The lowest BCUT2D eigenvalue weighted by molar-refractivity contribution is -0.144. The number of phenolic OH excluding ortho intramolecular Hbond substituents is 3.